The normalized spacial score (nSPS) is 10.6. The van der Waals surface area contributed by atoms with Gasteiger partial charge in [-0.25, -0.2) is 0 Å². The number of hydrogen-bond donors (Lipinski definition) is 1. The highest BCUT2D eigenvalue weighted by Crippen LogP contribution is 2.37. The van der Waals surface area contributed by atoms with E-state index in [1.54, 1.807) is 12.1 Å². The summed E-state index contributed by atoms with van der Waals surface area (Å²) in [6, 6.07) is 17.2. The molecule has 4 nitrogen and oxygen atoms in total. The molecule has 0 bridgehead atoms. The number of hydrogen-bond acceptors (Lipinski definition) is 3. The molecule has 0 aromatic heterocycles. The van der Waals surface area contributed by atoms with Crippen LogP contribution in [0.3, 0.4) is 0 Å². The number of rotatable bonds is 7. The van der Waals surface area contributed by atoms with Gasteiger partial charge in [-0.3, -0.25) is 4.79 Å². The third kappa shape index (κ3) is 5.33. The third-order valence-corrected chi connectivity index (χ3v) is 4.99. The molecule has 0 spiro atoms. The lowest BCUT2D eigenvalue weighted by Crippen LogP contribution is -2.13. The first-order chi connectivity index (χ1) is 14.4. The molecule has 156 valence electrons. The van der Waals surface area contributed by atoms with E-state index in [0.29, 0.717) is 35.3 Å². The second-order valence-corrected chi connectivity index (χ2v) is 7.67. The van der Waals surface area contributed by atoms with Gasteiger partial charge in [0.2, 0.25) is 0 Å². The smallest absolute Gasteiger partial charge is 0.255 e. The standard InChI is InChI=1S/C25H26ClNO3/c1-5-29-23-14-20(25(28)27-22-11-8-17(3)12-18(22)4)13-21(26)24(23)30-15-19-9-6-16(2)7-10-19/h6-14H,5,15H2,1-4H3,(H,27,28). The first-order valence-electron chi connectivity index (χ1n) is 9.90. The predicted octanol–water partition coefficient (Wildman–Crippen LogP) is 6.50. The zero-order valence-corrected chi connectivity index (χ0v) is 18.5. The van der Waals surface area contributed by atoms with Gasteiger partial charge in [0.05, 0.1) is 11.6 Å². The molecule has 0 aliphatic rings. The zero-order chi connectivity index (χ0) is 21.7. The average Bonchev–Trinajstić information content (AvgIpc) is 2.70. The fourth-order valence-corrected chi connectivity index (χ4v) is 3.36. The Morgan fingerprint density at radius 1 is 0.933 bits per heavy atom. The van der Waals surface area contributed by atoms with E-state index in [1.165, 1.54) is 5.56 Å². The summed E-state index contributed by atoms with van der Waals surface area (Å²) in [6.45, 7) is 8.68. The molecule has 0 saturated carbocycles. The molecule has 0 fully saturated rings. The Morgan fingerprint density at radius 3 is 2.30 bits per heavy atom. The molecule has 3 aromatic rings. The van der Waals surface area contributed by atoms with Crippen molar-refractivity contribution in [1.29, 1.82) is 0 Å². The molecule has 0 aliphatic carbocycles. The van der Waals surface area contributed by atoms with E-state index in [-0.39, 0.29) is 5.91 Å². The van der Waals surface area contributed by atoms with E-state index < -0.39 is 0 Å². The number of anilines is 1. The highest BCUT2D eigenvalue weighted by Gasteiger charge is 2.17. The number of amides is 1. The lowest BCUT2D eigenvalue weighted by molar-refractivity contribution is 0.102. The molecule has 0 heterocycles. The van der Waals surface area contributed by atoms with Gasteiger partial charge in [0.1, 0.15) is 6.61 Å². The Balaban J connectivity index is 1.82. The van der Waals surface area contributed by atoms with Crippen LogP contribution in [0.4, 0.5) is 5.69 Å². The number of ether oxygens (including phenoxy) is 2. The number of halogens is 1. The van der Waals surface area contributed by atoms with E-state index in [0.717, 1.165) is 22.4 Å². The minimum Gasteiger partial charge on any atom is -0.490 e. The lowest BCUT2D eigenvalue weighted by atomic mass is 10.1. The molecule has 3 rings (SSSR count). The Morgan fingerprint density at radius 2 is 1.63 bits per heavy atom. The predicted molar refractivity (Wildman–Crippen MR) is 122 cm³/mol. The molecule has 0 saturated heterocycles. The monoisotopic (exact) mass is 423 g/mol. The lowest BCUT2D eigenvalue weighted by Gasteiger charge is -2.16. The van der Waals surface area contributed by atoms with Crippen molar-refractivity contribution in [2.75, 3.05) is 11.9 Å². The maximum Gasteiger partial charge on any atom is 0.255 e. The Hall–Kier alpha value is -2.98. The van der Waals surface area contributed by atoms with Gasteiger partial charge >= 0.3 is 0 Å². The van der Waals surface area contributed by atoms with Crippen LogP contribution in [0.5, 0.6) is 11.5 Å². The highest BCUT2D eigenvalue weighted by molar-refractivity contribution is 6.32. The van der Waals surface area contributed by atoms with Crippen LogP contribution in [0.1, 0.15) is 39.5 Å². The molecule has 0 atom stereocenters. The molecule has 0 unspecified atom stereocenters. The summed E-state index contributed by atoms with van der Waals surface area (Å²) < 4.78 is 11.7. The van der Waals surface area contributed by atoms with Crippen LogP contribution >= 0.6 is 11.6 Å². The van der Waals surface area contributed by atoms with Crippen LogP contribution in [0.15, 0.2) is 54.6 Å². The Kier molecular flexibility index (Phi) is 7.01. The van der Waals surface area contributed by atoms with Crippen LogP contribution < -0.4 is 14.8 Å². The van der Waals surface area contributed by atoms with Crippen LogP contribution in [0.2, 0.25) is 5.02 Å². The minimum atomic E-state index is -0.255. The molecule has 1 amide bonds. The molecular weight excluding hydrogens is 398 g/mol. The van der Waals surface area contributed by atoms with Crippen LogP contribution in [0.25, 0.3) is 0 Å². The van der Waals surface area contributed by atoms with E-state index in [4.69, 9.17) is 21.1 Å². The van der Waals surface area contributed by atoms with Gasteiger partial charge in [-0.05, 0) is 57.0 Å². The molecule has 30 heavy (non-hydrogen) atoms. The second-order valence-electron chi connectivity index (χ2n) is 7.27. The van der Waals surface area contributed by atoms with Gasteiger partial charge in [-0.2, -0.15) is 0 Å². The van der Waals surface area contributed by atoms with Crippen molar-refractivity contribution in [3.05, 3.63) is 87.4 Å². The summed E-state index contributed by atoms with van der Waals surface area (Å²) in [5.74, 6) is 0.625. The van der Waals surface area contributed by atoms with Crippen LogP contribution in [0, 0.1) is 20.8 Å². The maximum atomic E-state index is 12.8. The summed E-state index contributed by atoms with van der Waals surface area (Å²) in [6.07, 6.45) is 0. The maximum absolute atomic E-state index is 12.8. The first kappa shape index (κ1) is 21.7. The van der Waals surface area contributed by atoms with Crippen LogP contribution in [-0.2, 0) is 6.61 Å². The van der Waals surface area contributed by atoms with E-state index in [9.17, 15) is 4.79 Å². The number of benzene rings is 3. The fourth-order valence-electron chi connectivity index (χ4n) is 3.09. The summed E-state index contributed by atoms with van der Waals surface area (Å²) >= 11 is 6.48. The van der Waals surface area contributed by atoms with Crippen molar-refractivity contribution in [2.24, 2.45) is 0 Å². The van der Waals surface area contributed by atoms with Gasteiger partial charge < -0.3 is 14.8 Å². The topological polar surface area (TPSA) is 47.6 Å². The largest absolute Gasteiger partial charge is 0.490 e. The van der Waals surface area contributed by atoms with E-state index >= 15 is 0 Å². The summed E-state index contributed by atoms with van der Waals surface area (Å²) in [4.78, 5) is 12.8. The second kappa shape index (κ2) is 9.68. The molecular formula is C25H26ClNO3. The minimum absolute atomic E-state index is 0.255. The first-order valence-corrected chi connectivity index (χ1v) is 10.3. The van der Waals surface area contributed by atoms with Gasteiger partial charge in [0.25, 0.3) is 5.91 Å². The van der Waals surface area contributed by atoms with Crippen molar-refractivity contribution in [2.45, 2.75) is 34.3 Å². The third-order valence-electron chi connectivity index (χ3n) is 4.71. The van der Waals surface area contributed by atoms with E-state index in [1.807, 2.05) is 70.2 Å². The number of carbonyl (C=O) groups excluding carboxylic acids is 1. The van der Waals surface area contributed by atoms with Crippen molar-refractivity contribution in [3.8, 4) is 11.5 Å². The molecule has 0 aliphatic heterocycles. The van der Waals surface area contributed by atoms with Crippen LogP contribution in [-0.4, -0.2) is 12.5 Å². The summed E-state index contributed by atoms with van der Waals surface area (Å²) in [5, 5.41) is 3.27. The van der Waals surface area contributed by atoms with Gasteiger partial charge in [-0.1, -0.05) is 59.1 Å². The number of carbonyl (C=O) groups is 1. The van der Waals surface area contributed by atoms with Gasteiger partial charge in [0.15, 0.2) is 11.5 Å². The van der Waals surface area contributed by atoms with Crippen molar-refractivity contribution < 1.29 is 14.3 Å². The average molecular weight is 424 g/mol. The molecule has 5 heteroatoms. The summed E-state index contributed by atoms with van der Waals surface area (Å²) in [7, 11) is 0. The van der Waals surface area contributed by atoms with Crippen molar-refractivity contribution in [3.63, 3.8) is 0 Å². The quantitative estimate of drug-likeness (QED) is 0.472. The van der Waals surface area contributed by atoms with Gasteiger partial charge in [-0.15, -0.1) is 0 Å². The fraction of sp³-hybridized carbons (Fsp3) is 0.240. The zero-order valence-electron chi connectivity index (χ0n) is 17.7. The number of aryl methyl sites for hydroxylation is 3. The molecule has 1 N–H and O–H groups in total. The Bertz CT molecular complexity index is 1050. The van der Waals surface area contributed by atoms with Crippen molar-refractivity contribution >= 4 is 23.2 Å². The van der Waals surface area contributed by atoms with Crippen molar-refractivity contribution in [1.82, 2.24) is 0 Å². The molecule has 0 radical (unpaired) electrons. The highest BCUT2D eigenvalue weighted by atomic mass is 35.5. The summed E-state index contributed by atoms with van der Waals surface area (Å²) in [5.41, 5.74) is 5.52. The van der Waals surface area contributed by atoms with Gasteiger partial charge in [0, 0.05) is 11.3 Å². The van der Waals surface area contributed by atoms with E-state index in [2.05, 4.69) is 5.32 Å². The Labute approximate surface area is 182 Å². The number of nitrogens with one attached hydrogen (secondary N) is 1. The SMILES string of the molecule is CCOc1cc(C(=O)Nc2ccc(C)cc2C)cc(Cl)c1OCc1ccc(C)cc1. The molecule has 3 aromatic carbocycles.